The third-order valence-electron chi connectivity index (χ3n) is 3.40. The summed E-state index contributed by atoms with van der Waals surface area (Å²) in [6, 6.07) is 11.0. The largest absolute Gasteiger partial charge is 0.492 e. The van der Waals surface area contributed by atoms with E-state index < -0.39 is 10.0 Å². The second-order valence-electron chi connectivity index (χ2n) is 5.11. The number of benzene rings is 1. The van der Waals surface area contributed by atoms with Crippen molar-refractivity contribution >= 4 is 15.5 Å². The second-order valence-corrected chi connectivity index (χ2v) is 7.04. The molecule has 24 heavy (non-hydrogen) atoms. The van der Waals surface area contributed by atoms with E-state index in [1.54, 1.807) is 6.20 Å². The van der Waals surface area contributed by atoms with Gasteiger partial charge in [0.05, 0.1) is 24.0 Å². The van der Waals surface area contributed by atoms with Crippen LogP contribution in [0.1, 0.15) is 5.82 Å². The smallest absolute Gasteiger partial charge is 0.215 e. The van der Waals surface area contributed by atoms with Gasteiger partial charge in [-0.25, -0.2) is 22.5 Å². The molecule has 0 atom stereocenters. The van der Waals surface area contributed by atoms with E-state index in [0.29, 0.717) is 11.6 Å². The van der Waals surface area contributed by atoms with Crippen molar-refractivity contribution in [2.24, 2.45) is 0 Å². The lowest BCUT2D eigenvalue weighted by Crippen LogP contribution is -2.29. The lowest BCUT2D eigenvalue weighted by atomic mass is 10.3. The number of sulfonamides is 1. The quantitative estimate of drug-likeness (QED) is 0.708. The van der Waals surface area contributed by atoms with Crippen LogP contribution in [0, 0.1) is 5.82 Å². The second kappa shape index (κ2) is 6.98. The van der Waals surface area contributed by atoms with Gasteiger partial charge in [-0.2, -0.15) is 0 Å². The van der Waals surface area contributed by atoms with Crippen LogP contribution in [0.3, 0.4) is 0 Å². The van der Waals surface area contributed by atoms with E-state index in [0.717, 1.165) is 5.52 Å². The molecule has 3 aromatic rings. The van der Waals surface area contributed by atoms with E-state index in [9.17, 15) is 12.8 Å². The molecule has 0 unspecified atom stereocenters. The van der Waals surface area contributed by atoms with Gasteiger partial charge in [0.15, 0.2) is 0 Å². The maximum atomic E-state index is 12.8. The molecule has 2 heterocycles. The summed E-state index contributed by atoms with van der Waals surface area (Å²) in [5, 5.41) is 0. The van der Waals surface area contributed by atoms with Crippen LogP contribution in [0.5, 0.6) is 5.75 Å². The maximum Gasteiger partial charge on any atom is 0.215 e. The van der Waals surface area contributed by atoms with Crippen LogP contribution in [0.15, 0.2) is 54.9 Å². The fraction of sp³-hybridized carbons (Fsp3) is 0.188. The summed E-state index contributed by atoms with van der Waals surface area (Å²) in [6.07, 6.45) is 3.50. The molecule has 0 aliphatic rings. The molecule has 0 aliphatic heterocycles. The molecule has 8 heteroatoms. The van der Waals surface area contributed by atoms with Gasteiger partial charge in [0, 0.05) is 6.20 Å². The standard InChI is InChI=1S/C16H16FN3O3S/c17-13-4-6-15(7-5-13)23-9-10-24(21,22)19-12-16-18-11-14-3-1-2-8-20(14)16/h1-8,11,19H,9-10,12H2. The van der Waals surface area contributed by atoms with Gasteiger partial charge in [0.25, 0.3) is 0 Å². The summed E-state index contributed by atoms with van der Waals surface area (Å²) in [5.41, 5.74) is 0.895. The zero-order valence-corrected chi connectivity index (χ0v) is 13.5. The Hall–Kier alpha value is -2.45. The number of halogens is 1. The summed E-state index contributed by atoms with van der Waals surface area (Å²) >= 11 is 0. The van der Waals surface area contributed by atoms with Crippen molar-refractivity contribution in [2.45, 2.75) is 6.54 Å². The molecule has 1 aromatic carbocycles. The van der Waals surface area contributed by atoms with Gasteiger partial charge in [-0.3, -0.25) is 0 Å². The van der Waals surface area contributed by atoms with Crippen LogP contribution in [0.4, 0.5) is 4.39 Å². The van der Waals surface area contributed by atoms with Gasteiger partial charge in [-0.15, -0.1) is 0 Å². The summed E-state index contributed by atoms with van der Waals surface area (Å²) < 4.78 is 46.4. The van der Waals surface area contributed by atoms with Gasteiger partial charge in [0.2, 0.25) is 10.0 Å². The van der Waals surface area contributed by atoms with E-state index in [2.05, 4.69) is 9.71 Å². The molecule has 0 amide bonds. The fourth-order valence-electron chi connectivity index (χ4n) is 2.18. The van der Waals surface area contributed by atoms with Crippen molar-refractivity contribution in [3.05, 3.63) is 66.5 Å². The molecule has 0 saturated heterocycles. The maximum absolute atomic E-state index is 12.8. The Morgan fingerprint density at radius 3 is 2.75 bits per heavy atom. The van der Waals surface area contributed by atoms with Gasteiger partial charge >= 0.3 is 0 Å². The first-order valence-electron chi connectivity index (χ1n) is 7.30. The minimum absolute atomic E-state index is 0.0245. The van der Waals surface area contributed by atoms with Crippen molar-refractivity contribution in [1.29, 1.82) is 0 Å². The number of imidazole rings is 1. The first-order valence-corrected chi connectivity index (χ1v) is 8.95. The number of fused-ring (bicyclic) bond motifs is 1. The van der Waals surface area contributed by atoms with Gasteiger partial charge in [-0.1, -0.05) is 6.07 Å². The van der Waals surface area contributed by atoms with Gasteiger partial charge < -0.3 is 9.14 Å². The summed E-state index contributed by atoms with van der Waals surface area (Å²) in [6.45, 7) is 0.0698. The first-order chi connectivity index (χ1) is 11.5. The van der Waals surface area contributed by atoms with Crippen LogP contribution in [0.2, 0.25) is 0 Å². The Kier molecular flexibility index (Phi) is 4.77. The topological polar surface area (TPSA) is 72.7 Å². The van der Waals surface area contributed by atoms with Crippen LogP contribution >= 0.6 is 0 Å². The number of ether oxygens (including phenoxy) is 1. The van der Waals surface area contributed by atoms with Gasteiger partial charge in [-0.05, 0) is 36.4 Å². The van der Waals surface area contributed by atoms with Crippen LogP contribution < -0.4 is 9.46 Å². The third-order valence-corrected chi connectivity index (χ3v) is 4.69. The molecular formula is C16H16FN3O3S. The Morgan fingerprint density at radius 1 is 1.17 bits per heavy atom. The SMILES string of the molecule is O=S(=O)(CCOc1ccc(F)cc1)NCc1ncc2ccccn12. The third kappa shape index (κ3) is 4.09. The monoisotopic (exact) mass is 349 g/mol. The predicted molar refractivity (Wildman–Crippen MR) is 87.7 cm³/mol. The lowest BCUT2D eigenvalue weighted by molar-refractivity contribution is 0.339. The number of rotatable bonds is 7. The molecule has 126 valence electrons. The molecule has 0 fully saturated rings. The zero-order valence-electron chi connectivity index (χ0n) is 12.7. The van der Waals surface area contributed by atoms with Crippen molar-refractivity contribution in [3.63, 3.8) is 0 Å². The van der Waals surface area contributed by atoms with E-state index in [1.807, 2.05) is 28.8 Å². The van der Waals surface area contributed by atoms with Crippen molar-refractivity contribution < 1.29 is 17.5 Å². The van der Waals surface area contributed by atoms with E-state index in [1.165, 1.54) is 24.3 Å². The highest BCUT2D eigenvalue weighted by molar-refractivity contribution is 7.89. The molecule has 3 rings (SSSR count). The number of hydrogen-bond acceptors (Lipinski definition) is 4. The predicted octanol–water partition coefficient (Wildman–Crippen LogP) is 1.97. The first kappa shape index (κ1) is 16.4. The molecule has 0 bridgehead atoms. The number of aromatic nitrogens is 2. The molecule has 1 N–H and O–H groups in total. The van der Waals surface area contributed by atoms with E-state index >= 15 is 0 Å². The number of nitrogens with zero attached hydrogens (tertiary/aromatic N) is 2. The Labute approximate surface area is 139 Å². The fourth-order valence-corrected chi connectivity index (χ4v) is 2.97. The minimum Gasteiger partial charge on any atom is -0.492 e. The number of pyridine rings is 1. The Bertz CT molecular complexity index is 923. The average molecular weight is 349 g/mol. The minimum atomic E-state index is -3.51. The normalized spacial score (nSPS) is 11.7. The van der Waals surface area contributed by atoms with Gasteiger partial charge in [0.1, 0.15) is 24.0 Å². The number of nitrogens with one attached hydrogen (secondary N) is 1. The summed E-state index contributed by atoms with van der Waals surface area (Å²) in [7, 11) is -3.51. The average Bonchev–Trinajstić information content (AvgIpc) is 2.98. The molecule has 6 nitrogen and oxygen atoms in total. The van der Waals surface area contributed by atoms with Crippen LogP contribution in [-0.4, -0.2) is 30.2 Å². The van der Waals surface area contributed by atoms with Crippen molar-refractivity contribution in [2.75, 3.05) is 12.4 Å². The lowest BCUT2D eigenvalue weighted by Gasteiger charge is -2.08. The molecule has 2 aromatic heterocycles. The zero-order chi connectivity index (χ0) is 17.0. The Morgan fingerprint density at radius 2 is 1.96 bits per heavy atom. The van der Waals surface area contributed by atoms with Crippen LogP contribution in [-0.2, 0) is 16.6 Å². The van der Waals surface area contributed by atoms with E-state index in [-0.39, 0.29) is 24.7 Å². The molecule has 0 aliphatic carbocycles. The highest BCUT2D eigenvalue weighted by atomic mass is 32.2. The highest BCUT2D eigenvalue weighted by Gasteiger charge is 2.12. The molecule has 0 saturated carbocycles. The van der Waals surface area contributed by atoms with Crippen LogP contribution in [0.25, 0.3) is 5.52 Å². The summed E-state index contributed by atoms with van der Waals surface area (Å²) in [5.74, 6) is 0.455. The molecular weight excluding hydrogens is 333 g/mol. The number of hydrogen-bond donors (Lipinski definition) is 1. The van der Waals surface area contributed by atoms with Crippen molar-refractivity contribution in [3.8, 4) is 5.75 Å². The summed E-state index contributed by atoms with van der Waals surface area (Å²) in [4.78, 5) is 4.20. The Balaban J connectivity index is 1.53. The molecule has 0 radical (unpaired) electrons. The molecule has 0 spiro atoms. The highest BCUT2D eigenvalue weighted by Crippen LogP contribution is 2.11. The van der Waals surface area contributed by atoms with E-state index in [4.69, 9.17) is 4.74 Å². The van der Waals surface area contributed by atoms with Crippen molar-refractivity contribution in [1.82, 2.24) is 14.1 Å².